The average molecular weight is 538 g/mol. The molecular formula is C24H23N7O4S2. The highest BCUT2D eigenvalue weighted by atomic mass is 32.1. The van der Waals surface area contributed by atoms with E-state index in [1.807, 2.05) is 23.6 Å². The molecule has 0 aliphatic carbocycles. The number of hydrogen-bond acceptors (Lipinski definition) is 9. The Morgan fingerprint density at radius 1 is 1.05 bits per heavy atom. The van der Waals surface area contributed by atoms with Crippen LogP contribution in [0.2, 0.25) is 0 Å². The number of amides is 4. The molecule has 0 aliphatic rings. The number of nitrogens with zero attached hydrogens (tertiary/aromatic N) is 2. The third kappa shape index (κ3) is 6.59. The minimum Gasteiger partial charge on any atom is -0.497 e. The zero-order chi connectivity index (χ0) is 26.4. The molecule has 0 bridgehead atoms. The largest absolute Gasteiger partial charge is 0.497 e. The number of hydrogen-bond donors (Lipinski definition) is 5. The quantitative estimate of drug-likeness (QED) is 0.216. The number of nitrogens with two attached hydrogens (primary N) is 2. The highest BCUT2D eigenvalue weighted by Gasteiger charge is 2.17. The summed E-state index contributed by atoms with van der Waals surface area (Å²) in [5, 5.41) is 10.8. The molecular weight excluding hydrogens is 514 g/mol. The first-order valence-corrected chi connectivity index (χ1v) is 12.6. The smallest absolute Gasteiger partial charge is 0.321 e. The molecule has 0 unspecified atom stereocenters. The van der Waals surface area contributed by atoms with Crippen molar-refractivity contribution in [2.45, 2.75) is 6.42 Å². The van der Waals surface area contributed by atoms with E-state index in [-0.39, 0.29) is 24.7 Å². The molecule has 7 N–H and O–H groups in total. The maximum absolute atomic E-state index is 12.7. The number of aromatic nitrogens is 2. The first kappa shape index (κ1) is 25.6. The van der Waals surface area contributed by atoms with Gasteiger partial charge in [-0.15, -0.1) is 11.3 Å². The minimum absolute atomic E-state index is 0.0342. The van der Waals surface area contributed by atoms with Gasteiger partial charge in [0.05, 0.1) is 12.8 Å². The number of thiazole rings is 2. The Balaban J connectivity index is 1.45. The predicted molar refractivity (Wildman–Crippen MR) is 145 cm³/mol. The number of primary amides is 1. The summed E-state index contributed by atoms with van der Waals surface area (Å²) >= 11 is 2.56. The van der Waals surface area contributed by atoms with Crippen molar-refractivity contribution >= 4 is 57.2 Å². The van der Waals surface area contributed by atoms with Crippen molar-refractivity contribution in [1.29, 1.82) is 0 Å². The maximum Gasteiger partial charge on any atom is 0.321 e. The number of ether oxygens (including phenoxy) is 1. The molecule has 0 saturated heterocycles. The van der Waals surface area contributed by atoms with Crippen LogP contribution in [-0.4, -0.2) is 41.5 Å². The fraction of sp³-hybridized carbons (Fsp3) is 0.125. The second-order valence-electron chi connectivity index (χ2n) is 7.64. The van der Waals surface area contributed by atoms with Crippen molar-refractivity contribution in [3.05, 3.63) is 59.5 Å². The van der Waals surface area contributed by atoms with Crippen LogP contribution >= 0.6 is 22.7 Å². The van der Waals surface area contributed by atoms with E-state index in [2.05, 4.69) is 25.9 Å². The third-order valence-corrected chi connectivity index (χ3v) is 6.96. The summed E-state index contributed by atoms with van der Waals surface area (Å²) in [6.45, 7) is 0.115. The van der Waals surface area contributed by atoms with Gasteiger partial charge in [0.2, 0.25) is 5.91 Å². The molecule has 0 saturated carbocycles. The highest BCUT2D eigenvalue weighted by molar-refractivity contribution is 7.23. The molecule has 2 heterocycles. The molecule has 4 rings (SSSR count). The Kier molecular flexibility index (Phi) is 7.95. The first-order valence-electron chi connectivity index (χ1n) is 10.9. The number of carbonyl (C=O) groups excluding carboxylic acids is 3. The zero-order valence-electron chi connectivity index (χ0n) is 19.6. The molecule has 4 amide bonds. The number of anilines is 3. The summed E-state index contributed by atoms with van der Waals surface area (Å²) in [5.41, 5.74) is 13.7. The van der Waals surface area contributed by atoms with Gasteiger partial charge in [0, 0.05) is 35.2 Å². The Morgan fingerprint density at radius 2 is 1.86 bits per heavy atom. The molecule has 0 fully saturated rings. The van der Waals surface area contributed by atoms with Crippen LogP contribution in [-0.2, 0) is 4.79 Å². The molecule has 11 nitrogen and oxygen atoms in total. The fourth-order valence-electron chi connectivity index (χ4n) is 3.21. The number of benzene rings is 2. The van der Waals surface area contributed by atoms with E-state index in [1.54, 1.807) is 37.4 Å². The molecule has 0 aliphatic heterocycles. The lowest BCUT2D eigenvalue weighted by molar-refractivity contribution is -0.117. The van der Waals surface area contributed by atoms with Crippen LogP contribution in [0.25, 0.3) is 21.1 Å². The Labute approximate surface area is 219 Å². The number of carbonyl (C=O) groups is 3. The van der Waals surface area contributed by atoms with Crippen LogP contribution in [0.1, 0.15) is 16.8 Å². The van der Waals surface area contributed by atoms with Crippen molar-refractivity contribution in [1.82, 2.24) is 15.3 Å². The number of urea groups is 1. The summed E-state index contributed by atoms with van der Waals surface area (Å²) in [6.07, 6.45) is 0.0342. The first-order chi connectivity index (χ1) is 17.8. The lowest BCUT2D eigenvalue weighted by atomic mass is 10.1. The van der Waals surface area contributed by atoms with Crippen molar-refractivity contribution in [2.24, 2.45) is 5.73 Å². The SMILES string of the molecule is COc1cccc(C(=O)Nc2cccc(-c3csc(-c4sc(NC(=O)NCCC(N)=O)nc4N)n3)c2)c1. The van der Waals surface area contributed by atoms with E-state index in [1.165, 1.54) is 22.7 Å². The zero-order valence-corrected chi connectivity index (χ0v) is 21.2. The number of nitrogens with one attached hydrogen (secondary N) is 3. The lowest BCUT2D eigenvalue weighted by Crippen LogP contribution is -2.31. The second kappa shape index (κ2) is 11.5. The Hall–Kier alpha value is -4.49. The molecule has 37 heavy (non-hydrogen) atoms. The van der Waals surface area contributed by atoms with E-state index in [4.69, 9.17) is 16.2 Å². The molecule has 13 heteroatoms. The van der Waals surface area contributed by atoms with Crippen LogP contribution in [0.5, 0.6) is 5.75 Å². The molecule has 2 aromatic carbocycles. The summed E-state index contributed by atoms with van der Waals surface area (Å²) in [6, 6.07) is 13.7. The Bertz CT molecular complexity index is 1450. The summed E-state index contributed by atoms with van der Waals surface area (Å²) in [5.74, 6) is 0.0648. The van der Waals surface area contributed by atoms with Crippen molar-refractivity contribution in [3.8, 4) is 26.9 Å². The van der Waals surface area contributed by atoms with Gasteiger partial charge in [-0.1, -0.05) is 29.5 Å². The molecule has 190 valence electrons. The van der Waals surface area contributed by atoms with E-state index in [0.29, 0.717) is 37.7 Å². The van der Waals surface area contributed by atoms with Gasteiger partial charge in [-0.2, -0.15) is 0 Å². The van der Waals surface area contributed by atoms with Gasteiger partial charge >= 0.3 is 6.03 Å². The van der Waals surface area contributed by atoms with Gasteiger partial charge in [-0.3, -0.25) is 14.9 Å². The van der Waals surface area contributed by atoms with Gasteiger partial charge in [0.25, 0.3) is 5.91 Å². The molecule has 0 radical (unpaired) electrons. The van der Waals surface area contributed by atoms with Gasteiger partial charge < -0.3 is 26.8 Å². The lowest BCUT2D eigenvalue weighted by Gasteiger charge is -2.08. The summed E-state index contributed by atoms with van der Waals surface area (Å²) < 4.78 is 5.18. The van der Waals surface area contributed by atoms with Crippen LogP contribution in [0, 0.1) is 0 Å². The topological polar surface area (TPSA) is 174 Å². The van der Waals surface area contributed by atoms with E-state index >= 15 is 0 Å². The van der Waals surface area contributed by atoms with Crippen LogP contribution in [0.3, 0.4) is 0 Å². The van der Waals surface area contributed by atoms with Crippen LogP contribution in [0.15, 0.2) is 53.9 Å². The van der Waals surface area contributed by atoms with Gasteiger partial charge in [0.15, 0.2) is 5.13 Å². The highest BCUT2D eigenvalue weighted by Crippen LogP contribution is 2.38. The number of rotatable bonds is 9. The maximum atomic E-state index is 12.7. The summed E-state index contributed by atoms with van der Waals surface area (Å²) in [7, 11) is 1.55. The molecule has 0 spiro atoms. The van der Waals surface area contributed by atoms with Crippen LogP contribution in [0.4, 0.5) is 21.4 Å². The minimum atomic E-state index is -0.519. The average Bonchev–Trinajstić information content (AvgIpc) is 3.50. The Morgan fingerprint density at radius 3 is 2.65 bits per heavy atom. The predicted octanol–water partition coefficient (Wildman–Crippen LogP) is 3.77. The third-order valence-electron chi connectivity index (χ3n) is 4.98. The van der Waals surface area contributed by atoms with Crippen molar-refractivity contribution < 1.29 is 19.1 Å². The van der Waals surface area contributed by atoms with Crippen molar-refractivity contribution in [3.63, 3.8) is 0 Å². The van der Waals surface area contributed by atoms with E-state index < -0.39 is 11.9 Å². The number of nitrogen functional groups attached to an aromatic ring is 1. The van der Waals surface area contributed by atoms with E-state index in [0.717, 1.165) is 5.56 Å². The van der Waals surface area contributed by atoms with Gasteiger partial charge in [-0.25, -0.2) is 14.8 Å². The standard InChI is InChI=1S/C24H23N7O4S2/c1-35-16-7-3-5-14(11-16)21(33)28-15-6-2-4-13(10-15)17-12-36-22(29-17)19-20(26)30-24(37-19)31-23(34)27-9-8-18(25)32/h2-7,10-12H,8-9,26H2,1H3,(H2,25,32)(H,28,33)(H2,27,30,31,34). The van der Waals surface area contributed by atoms with Crippen molar-refractivity contribution in [2.75, 3.05) is 30.0 Å². The molecule has 2 aromatic heterocycles. The normalized spacial score (nSPS) is 10.5. The monoisotopic (exact) mass is 537 g/mol. The van der Waals surface area contributed by atoms with Gasteiger partial charge in [-0.05, 0) is 30.3 Å². The second-order valence-corrected chi connectivity index (χ2v) is 9.49. The fourth-order valence-corrected chi connectivity index (χ4v) is 5.02. The number of methoxy groups -OCH3 is 1. The molecule has 4 aromatic rings. The van der Waals surface area contributed by atoms with Gasteiger partial charge in [0.1, 0.15) is 21.5 Å². The molecule has 0 atom stereocenters. The van der Waals surface area contributed by atoms with E-state index in [9.17, 15) is 14.4 Å². The summed E-state index contributed by atoms with van der Waals surface area (Å²) in [4.78, 5) is 44.9. The van der Waals surface area contributed by atoms with Crippen LogP contribution < -0.4 is 32.2 Å².